The number of benzene rings is 3. The van der Waals surface area contributed by atoms with Crippen molar-refractivity contribution in [3.8, 4) is 11.5 Å². The number of hydrogen-bond donors (Lipinski definition) is 1. The molecule has 0 unspecified atom stereocenters. The average molecular weight is 473 g/mol. The van der Waals surface area contributed by atoms with Crippen LogP contribution >= 0.6 is 0 Å². The maximum Gasteiger partial charge on any atom is 0.264 e. The molecule has 0 aliphatic rings. The smallest absolute Gasteiger partial charge is 0.264 e. The Morgan fingerprint density at radius 2 is 1.67 bits per heavy atom. The van der Waals surface area contributed by atoms with Gasteiger partial charge in [0.05, 0.1) is 24.3 Å². The first-order valence-electron chi connectivity index (χ1n) is 10.2. The van der Waals surface area contributed by atoms with Gasteiger partial charge >= 0.3 is 0 Å². The van der Waals surface area contributed by atoms with Crippen LogP contribution in [0, 0.1) is 5.82 Å². The Morgan fingerprint density at radius 1 is 1.00 bits per heavy atom. The van der Waals surface area contributed by atoms with Gasteiger partial charge in [-0.3, -0.25) is 9.10 Å². The van der Waals surface area contributed by atoms with Crippen molar-refractivity contribution in [2.45, 2.75) is 18.4 Å². The van der Waals surface area contributed by atoms with Gasteiger partial charge in [0, 0.05) is 12.1 Å². The Balaban J connectivity index is 1.86. The fourth-order valence-electron chi connectivity index (χ4n) is 3.15. The van der Waals surface area contributed by atoms with Crippen LogP contribution in [0.1, 0.15) is 12.5 Å². The minimum Gasteiger partial charge on any atom is -0.496 e. The van der Waals surface area contributed by atoms with E-state index in [-0.39, 0.29) is 17.1 Å². The van der Waals surface area contributed by atoms with Crippen molar-refractivity contribution in [2.75, 3.05) is 24.6 Å². The molecule has 0 aromatic heterocycles. The highest BCUT2D eigenvalue weighted by molar-refractivity contribution is 7.92. The van der Waals surface area contributed by atoms with E-state index in [2.05, 4.69) is 5.32 Å². The van der Waals surface area contributed by atoms with E-state index in [1.165, 1.54) is 19.2 Å². The van der Waals surface area contributed by atoms with Crippen LogP contribution < -0.4 is 19.1 Å². The first kappa shape index (κ1) is 24.1. The van der Waals surface area contributed by atoms with Crippen molar-refractivity contribution in [3.05, 3.63) is 84.2 Å². The molecule has 33 heavy (non-hydrogen) atoms. The third-order valence-electron chi connectivity index (χ3n) is 4.79. The summed E-state index contributed by atoms with van der Waals surface area (Å²) in [6, 6.07) is 18.0. The third-order valence-corrected chi connectivity index (χ3v) is 6.58. The first-order chi connectivity index (χ1) is 15.8. The van der Waals surface area contributed by atoms with Crippen LogP contribution in [0.5, 0.6) is 11.5 Å². The molecule has 0 saturated heterocycles. The van der Waals surface area contributed by atoms with Gasteiger partial charge in [0.1, 0.15) is 23.9 Å². The molecule has 7 nitrogen and oxygen atoms in total. The average Bonchev–Trinajstić information content (AvgIpc) is 2.82. The van der Waals surface area contributed by atoms with Gasteiger partial charge in [-0.1, -0.05) is 18.2 Å². The Morgan fingerprint density at radius 3 is 2.30 bits per heavy atom. The van der Waals surface area contributed by atoms with Crippen LogP contribution in [0.15, 0.2) is 77.7 Å². The summed E-state index contributed by atoms with van der Waals surface area (Å²) in [5.41, 5.74) is 1.03. The summed E-state index contributed by atoms with van der Waals surface area (Å²) in [7, 11) is -2.62. The van der Waals surface area contributed by atoms with Gasteiger partial charge in [-0.25, -0.2) is 12.8 Å². The Bertz CT molecular complexity index is 1180. The Kier molecular flexibility index (Phi) is 7.89. The zero-order valence-electron chi connectivity index (χ0n) is 18.3. The maximum absolute atomic E-state index is 13.4. The largest absolute Gasteiger partial charge is 0.496 e. The summed E-state index contributed by atoms with van der Waals surface area (Å²) in [4.78, 5) is 12.6. The molecule has 174 valence electrons. The normalized spacial score (nSPS) is 11.0. The lowest BCUT2D eigenvalue weighted by Crippen LogP contribution is -2.40. The Labute approximate surface area is 192 Å². The molecule has 0 radical (unpaired) electrons. The molecule has 0 aliphatic heterocycles. The standard InChI is InChI=1S/C24H25FN2O5S/c1-3-32-21-12-10-20(11-13-21)27(33(29,30)22-14-8-19(25)9-15-22)17-24(28)26-16-18-6-4-5-7-23(18)31-2/h4-15H,3,16-17H2,1-2H3,(H,26,28). The fraction of sp³-hybridized carbons (Fsp3) is 0.208. The molecule has 1 amide bonds. The number of sulfonamides is 1. The highest BCUT2D eigenvalue weighted by Crippen LogP contribution is 2.26. The summed E-state index contributed by atoms with van der Waals surface area (Å²) in [5.74, 6) is 0.109. The molecule has 0 bridgehead atoms. The molecule has 0 heterocycles. The second-order valence-corrected chi connectivity index (χ2v) is 8.84. The summed E-state index contributed by atoms with van der Waals surface area (Å²) < 4.78 is 51.7. The van der Waals surface area contributed by atoms with Gasteiger partial charge in [-0.15, -0.1) is 0 Å². The Hall–Kier alpha value is -3.59. The van der Waals surface area contributed by atoms with Gasteiger partial charge in [0.15, 0.2) is 0 Å². The van der Waals surface area contributed by atoms with Crippen molar-refractivity contribution in [1.82, 2.24) is 5.32 Å². The van der Waals surface area contributed by atoms with Gasteiger partial charge in [0.2, 0.25) is 5.91 Å². The number of amides is 1. The monoisotopic (exact) mass is 472 g/mol. The van der Waals surface area contributed by atoms with Crippen LogP contribution in [-0.4, -0.2) is 34.6 Å². The summed E-state index contributed by atoms with van der Waals surface area (Å²) in [6.45, 7) is 1.99. The van der Waals surface area contributed by atoms with Crippen LogP contribution in [0.3, 0.4) is 0 Å². The SMILES string of the molecule is CCOc1ccc(N(CC(=O)NCc2ccccc2OC)S(=O)(=O)c2ccc(F)cc2)cc1. The molecule has 0 aliphatic carbocycles. The van der Waals surface area contributed by atoms with E-state index < -0.39 is 28.3 Å². The van der Waals surface area contributed by atoms with Gasteiger partial charge in [-0.2, -0.15) is 0 Å². The third kappa shape index (κ3) is 6.01. The number of halogens is 1. The molecule has 3 aromatic carbocycles. The minimum atomic E-state index is -4.15. The van der Waals surface area contributed by atoms with Crippen molar-refractivity contribution in [2.24, 2.45) is 0 Å². The molecular formula is C24H25FN2O5S. The number of anilines is 1. The predicted octanol–water partition coefficient (Wildman–Crippen LogP) is 3.74. The van der Waals surface area contributed by atoms with E-state index in [1.807, 2.05) is 19.1 Å². The number of methoxy groups -OCH3 is 1. The summed E-state index contributed by atoms with van der Waals surface area (Å²) in [6.07, 6.45) is 0. The van der Waals surface area contributed by atoms with E-state index in [4.69, 9.17) is 9.47 Å². The summed E-state index contributed by atoms with van der Waals surface area (Å²) in [5, 5.41) is 2.73. The van der Waals surface area contributed by atoms with E-state index >= 15 is 0 Å². The maximum atomic E-state index is 13.4. The van der Waals surface area contributed by atoms with Gasteiger partial charge in [0.25, 0.3) is 10.0 Å². The predicted molar refractivity (Wildman–Crippen MR) is 123 cm³/mol. The second kappa shape index (κ2) is 10.8. The molecule has 0 spiro atoms. The zero-order chi connectivity index (χ0) is 23.8. The second-order valence-electron chi connectivity index (χ2n) is 6.98. The molecule has 0 atom stereocenters. The number of hydrogen-bond acceptors (Lipinski definition) is 5. The number of carbonyl (C=O) groups excluding carboxylic acids is 1. The molecule has 9 heteroatoms. The lowest BCUT2D eigenvalue weighted by atomic mass is 10.2. The number of carbonyl (C=O) groups is 1. The van der Waals surface area contributed by atoms with Crippen molar-refractivity contribution < 1.29 is 27.1 Å². The van der Waals surface area contributed by atoms with E-state index in [1.54, 1.807) is 36.4 Å². The van der Waals surface area contributed by atoms with E-state index in [9.17, 15) is 17.6 Å². The van der Waals surface area contributed by atoms with Crippen molar-refractivity contribution >= 4 is 21.6 Å². The summed E-state index contributed by atoms with van der Waals surface area (Å²) >= 11 is 0. The quantitative estimate of drug-likeness (QED) is 0.486. The number of para-hydroxylation sites is 1. The number of nitrogens with one attached hydrogen (secondary N) is 1. The molecule has 0 fully saturated rings. The molecular weight excluding hydrogens is 447 g/mol. The number of nitrogens with zero attached hydrogens (tertiary/aromatic N) is 1. The van der Waals surface area contributed by atoms with Crippen molar-refractivity contribution in [1.29, 1.82) is 0 Å². The van der Waals surface area contributed by atoms with Crippen LogP contribution in [0.2, 0.25) is 0 Å². The zero-order valence-corrected chi connectivity index (χ0v) is 19.1. The van der Waals surface area contributed by atoms with E-state index in [0.29, 0.717) is 18.1 Å². The number of ether oxygens (including phenoxy) is 2. The molecule has 3 aromatic rings. The molecule has 0 saturated carbocycles. The van der Waals surface area contributed by atoms with Crippen LogP contribution in [-0.2, 0) is 21.4 Å². The lowest BCUT2D eigenvalue weighted by Gasteiger charge is -2.24. The lowest BCUT2D eigenvalue weighted by molar-refractivity contribution is -0.119. The highest BCUT2D eigenvalue weighted by Gasteiger charge is 2.27. The fourth-order valence-corrected chi connectivity index (χ4v) is 4.57. The van der Waals surface area contributed by atoms with E-state index in [0.717, 1.165) is 22.0 Å². The van der Waals surface area contributed by atoms with Crippen LogP contribution in [0.25, 0.3) is 0 Å². The van der Waals surface area contributed by atoms with Gasteiger partial charge in [-0.05, 0) is 61.5 Å². The molecule has 3 rings (SSSR count). The first-order valence-corrected chi connectivity index (χ1v) is 11.7. The van der Waals surface area contributed by atoms with Crippen molar-refractivity contribution in [3.63, 3.8) is 0 Å². The van der Waals surface area contributed by atoms with Gasteiger partial charge < -0.3 is 14.8 Å². The highest BCUT2D eigenvalue weighted by atomic mass is 32.2. The number of rotatable bonds is 10. The topological polar surface area (TPSA) is 84.9 Å². The minimum absolute atomic E-state index is 0.129. The van der Waals surface area contributed by atoms with Crippen LogP contribution in [0.4, 0.5) is 10.1 Å². The molecule has 1 N–H and O–H groups in total.